The van der Waals surface area contributed by atoms with Crippen LogP contribution in [0.5, 0.6) is 0 Å². The number of amides is 3. The van der Waals surface area contributed by atoms with Crippen molar-refractivity contribution in [3.63, 3.8) is 0 Å². The fraction of sp³-hybridized carbons (Fsp3) is 0.579. The maximum atomic E-state index is 12.6. The molecule has 3 aliphatic rings. The fourth-order valence-corrected chi connectivity index (χ4v) is 4.85. The van der Waals surface area contributed by atoms with E-state index in [0.717, 1.165) is 37.9 Å². The molecule has 3 aliphatic heterocycles. The van der Waals surface area contributed by atoms with Crippen LogP contribution in [0.4, 0.5) is 9.59 Å². The van der Waals surface area contributed by atoms with Gasteiger partial charge in [0.25, 0.3) is 0 Å². The van der Waals surface area contributed by atoms with Gasteiger partial charge < -0.3 is 19.9 Å². The molecule has 0 radical (unpaired) electrons. The number of nitrogens with one attached hydrogen (secondary N) is 1. The van der Waals surface area contributed by atoms with Crippen molar-refractivity contribution in [2.24, 2.45) is 5.92 Å². The topological polar surface area (TPSA) is 96.0 Å². The first kappa shape index (κ1) is 19.0. The largest absolute Gasteiger partial charge is 0.447 e. The number of carbonyl (C=O) groups is 2. The van der Waals surface area contributed by atoms with Crippen molar-refractivity contribution < 1.29 is 22.7 Å². The van der Waals surface area contributed by atoms with Crippen molar-refractivity contribution in [3.05, 3.63) is 29.8 Å². The van der Waals surface area contributed by atoms with E-state index < -0.39 is 15.9 Å². The first-order chi connectivity index (χ1) is 13.2. The quantitative estimate of drug-likeness (QED) is 0.814. The molecule has 1 aromatic rings. The number of rotatable bonds is 3. The third-order valence-corrected chi connectivity index (χ3v) is 6.99. The van der Waals surface area contributed by atoms with Crippen molar-refractivity contribution in [1.82, 2.24) is 15.1 Å². The van der Waals surface area contributed by atoms with E-state index >= 15 is 0 Å². The van der Waals surface area contributed by atoms with E-state index in [1.54, 1.807) is 17.0 Å². The Morgan fingerprint density at radius 2 is 1.82 bits per heavy atom. The van der Waals surface area contributed by atoms with Crippen LogP contribution < -0.4 is 5.32 Å². The monoisotopic (exact) mass is 407 g/mol. The maximum absolute atomic E-state index is 12.6. The minimum Gasteiger partial charge on any atom is -0.447 e. The van der Waals surface area contributed by atoms with Crippen molar-refractivity contribution in [2.45, 2.75) is 29.7 Å². The molecule has 152 valence electrons. The van der Waals surface area contributed by atoms with Gasteiger partial charge in [-0.1, -0.05) is 12.1 Å². The third kappa shape index (κ3) is 3.80. The summed E-state index contributed by atoms with van der Waals surface area (Å²) in [6.45, 7) is 2.78. The van der Waals surface area contributed by atoms with E-state index in [2.05, 4.69) is 5.32 Å². The number of benzene rings is 1. The number of alkyl carbamates (subject to hydrolysis) is 1. The predicted octanol–water partition coefficient (Wildman–Crippen LogP) is 1.26. The summed E-state index contributed by atoms with van der Waals surface area (Å²) in [5.41, 5.74) is 0.738. The zero-order valence-corrected chi connectivity index (χ0v) is 16.7. The molecule has 0 unspecified atom stereocenters. The zero-order chi connectivity index (χ0) is 19.9. The van der Waals surface area contributed by atoms with Gasteiger partial charge in [-0.2, -0.15) is 0 Å². The van der Waals surface area contributed by atoms with E-state index in [-0.39, 0.29) is 11.6 Å². The number of nitrogens with zero attached hydrogens (tertiary/aromatic N) is 2. The summed E-state index contributed by atoms with van der Waals surface area (Å²) >= 11 is 0. The van der Waals surface area contributed by atoms with Gasteiger partial charge in [-0.25, -0.2) is 18.0 Å². The van der Waals surface area contributed by atoms with Crippen LogP contribution in [0.3, 0.4) is 0 Å². The van der Waals surface area contributed by atoms with Crippen LogP contribution in [0.15, 0.2) is 29.2 Å². The van der Waals surface area contributed by atoms with Gasteiger partial charge in [0.1, 0.15) is 12.1 Å². The molecule has 0 bridgehead atoms. The molecule has 3 heterocycles. The molecule has 1 N–H and O–H groups in total. The highest BCUT2D eigenvalue weighted by Gasteiger charge is 2.52. The number of urea groups is 1. The number of ether oxygens (including phenoxy) is 1. The van der Waals surface area contributed by atoms with Gasteiger partial charge >= 0.3 is 12.1 Å². The Morgan fingerprint density at radius 3 is 2.36 bits per heavy atom. The Morgan fingerprint density at radius 1 is 1.18 bits per heavy atom. The number of piperidine rings is 1. The molecule has 0 aromatic heterocycles. The Hall–Kier alpha value is -2.29. The minimum absolute atomic E-state index is 0.0303. The lowest BCUT2D eigenvalue weighted by atomic mass is 9.89. The zero-order valence-electron chi connectivity index (χ0n) is 15.9. The smallest absolute Gasteiger partial charge is 0.407 e. The van der Waals surface area contributed by atoms with Crippen LogP contribution in [0, 0.1) is 5.92 Å². The molecule has 3 saturated heterocycles. The molecule has 4 rings (SSSR count). The van der Waals surface area contributed by atoms with Crippen LogP contribution in [0.2, 0.25) is 0 Å². The second-order valence-corrected chi connectivity index (χ2v) is 10.2. The molecular formula is C19H25N3O5S. The second kappa shape index (κ2) is 6.95. The molecule has 3 amide bonds. The standard InChI is InChI=1S/C19H25N3O5S/c1-28(25,26)16-4-2-14(3-5-16)10-15-6-8-21(9-7-15)18(24)22-11-19(12-22)13-27-17(23)20-19/h2-5,15H,6-13H2,1H3,(H,20,23). The Kier molecular flexibility index (Phi) is 4.73. The van der Waals surface area contributed by atoms with E-state index in [4.69, 9.17) is 4.74 Å². The number of carbonyl (C=O) groups excluding carboxylic acids is 2. The first-order valence-electron chi connectivity index (χ1n) is 9.52. The molecule has 0 saturated carbocycles. The highest BCUT2D eigenvalue weighted by molar-refractivity contribution is 7.90. The number of hydrogen-bond donors (Lipinski definition) is 1. The highest BCUT2D eigenvalue weighted by atomic mass is 32.2. The summed E-state index contributed by atoms with van der Waals surface area (Å²) in [7, 11) is -3.17. The van der Waals surface area contributed by atoms with Crippen molar-refractivity contribution >= 4 is 22.0 Å². The number of hydrogen-bond acceptors (Lipinski definition) is 5. The lowest BCUT2D eigenvalue weighted by Gasteiger charge is -2.48. The van der Waals surface area contributed by atoms with Crippen molar-refractivity contribution in [3.8, 4) is 0 Å². The highest BCUT2D eigenvalue weighted by Crippen LogP contribution is 2.28. The van der Waals surface area contributed by atoms with E-state index in [9.17, 15) is 18.0 Å². The first-order valence-corrected chi connectivity index (χ1v) is 11.4. The van der Waals surface area contributed by atoms with Gasteiger partial charge in [-0.15, -0.1) is 0 Å². The number of cyclic esters (lactones) is 1. The summed E-state index contributed by atoms with van der Waals surface area (Å²) < 4.78 is 28.0. The molecule has 0 aliphatic carbocycles. The summed E-state index contributed by atoms with van der Waals surface area (Å²) in [4.78, 5) is 27.8. The van der Waals surface area contributed by atoms with Gasteiger partial charge in [0.2, 0.25) is 0 Å². The Balaban J connectivity index is 1.25. The van der Waals surface area contributed by atoms with E-state index in [1.807, 2.05) is 17.0 Å². The van der Waals surface area contributed by atoms with Crippen molar-refractivity contribution in [1.29, 1.82) is 0 Å². The van der Waals surface area contributed by atoms with E-state index in [1.165, 1.54) is 6.26 Å². The van der Waals surface area contributed by atoms with Crippen LogP contribution in [0.1, 0.15) is 18.4 Å². The summed E-state index contributed by atoms with van der Waals surface area (Å²) in [5.74, 6) is 0.485. The average Bonchev–Trinajstić information content (AvgIpc) is 3.02. The van der Waals surface area contributed by atoms with Crippen LogP contribution in [0.25, 0.3) is 0 Å². The number of sulfone groups is 1. The van der Waals surface area contributed by atoms with Crippen molar-refractivity contribution in [2.75, 3.05) is 39.0 Å². The Labute approximate surface area is 164 Å². The minimum atomic E-state index is -3.17. The Bertz CT molecular complexity index is 869. The van der Waals surface area contributed by atoms with Crippen LogP contribution >= 0.6 is 0 Å². The third-order valence-electron chi connectivity index (χ3n) is 5.87. The fourth-order valence-electron chi connectivity index (χ4n) is 4.22. The van der Waals surface area contributed by atoms with Crippen LogP contribution in [-0.4, -0.2) is 74.9 Å². The molecular weight excluding hydrogens is 382 g/mol. The molecule has 0 atom stereocenters. The molecule has 3 fully saturated rings. The molecule has 9 heteroatoms. The predicted molar refractivity (Wildman–Crippen MR) is 102 cm³/mol. The van der Waals surface area contributed by atoms with Crippen LogP contribution in [-0.2, 0) is 21.0 Å². The molecule has 8 nitrogen and oxygen atoms in total. The average molecular weight is 407 g/mol. The molecule has 1 spiro atoms. The molecule has 28 heavy (non-hydrogen) atoms. The van der Waals surface area contributed by atoms with Gasteiger partial charge in [0.05, 0.1) is 18.0 Å². The lowest BCUT2D eigenvalue weighted by molar-refractivity contribution is 0.0473. The van der Waals surface area contributed by atoms with Gasteiger partial charge in [0.15, 0.2) is 9.84 Å². The normalized spacial score (nSPS) is 22.0. The van der Waals surface area contributed by atoms with Gasteiger partial charge in [0, 0.05) is 19.3 Å². The SMILES string of the molecule is CS(=O)(=O)c1ccc(CC2CCN(C(=O)N3CC4(COC(=O)N4)C3)CC2)cc1. The lowest BCUT2D eigenvalue weighted by Crippen LogP contribution is -2.71. The second-order valence-electron chi connectivity index (χ2n) is 8.17. The number of likely N-dealkylation sites (tertiary alicyclic amines) is 2. The maximum Gasteiger partial charge on any atom is 0.407 e. The summed E-state index contributed by atoms with van der Waals surface area (Å²) in [5, 5.41) is 2.79. The van der Waals surface area contributed by atoms with E-state index in [0.29, 0.717) is 30.5 Å². The molecule has 1 aromatic carbocycles. The van der Waals surface area contributed by atoms with Gasteiger partial charge in [-0.05, 0) is 42.9 Å². The summed E-state index contributed by atoms with van der Waals surface area (Å²) in [6.07, 6.45) is 3.55. The van der Waals surface area contributed by atoms with Gasteiger partial charge in [-0.3, -0.25) is 0 Å². The summed E-state index contributed by atoms with van der Waals surface area (Å²) in [6, 6.07) is 7.11.